The van der Waals surface area contributed by atoms with Gasteiger partial charge < -0.3 is 30.4 Å². The number of phenols is 1. The molecule has 4 N–H and O–H groups in total. The number of anilines is 2. The number of hydrogen-bond acceptors (Lipinski definition) is 8. The maximum absolute atomic E-state index is 14.8. The summed E-state index contributed by atoms with van der Waals surface area (Å²) in [5.74, 6) is -2.01. The highest BCUT2D eigenvalue weighted by atomic mass is 35.5. The molecule has 15 heteroatoms. The lowest BCUT2D eigenvalue weighted by atomic mass is 10.0. The summed E-state index contributed by atoms with van der Waals surface area (Å²) in [6.45, 7) is 3.47. The molecule has 12 nitrogen and oxygen atoms in total. The molecule has 1 unspecified atom stereocenters. The summed E-state index contributed by atoms with van der Waals surface area (Å²) in [4.78, 5) is 49.5. The van der Waals surface area contributed by atoms with Crippen LogP contribution in [-0.4, -0.2) is 61.8 Å². The number of nitrogens with zero attached hydrogens (tertiary/aromatic N) is 5. The number of carbonyl (C=O) groups excluding carboxylic acids is 2. The van der Waals surface area contributed by atoms with Crippen LogP contribution in [0.4, 0.5) is 15.9 Å². The monoisotopic (exact) mass is 629 g/mol. The van der Waals surface area contributed by atoms with Crippen LogP contribution in [0.3, 0.4) is 0 Å². The van der Waals surface area contributed by atoms with Gasteiger partial charge in [-0.05, 0) is 31.0 Å². The maximum atomic E-state index is 14.8. The van der Waals surface area contributed by atoms with Crippen molar-refractivity contribution in [3.8, 4) is 16.9 Å². The van der Waals surface area contributed by atoms with Crippen LogP contribution in [0.5, 0.6) is 5.75 Å². The number of aromatic nitrogens is 4. The highest BCUT2D eigenvalue weighted by molar-refractivity contribution is 6.34. The number of rotatable bonds is 6. The summed E-state index contributed by atoms with van der Waals surface area (Å²) >= 11 is 12.4. The quantitative estimate of drug-likeness (QED) is 0.274. The van der Waals surface area contributed by atoms with Crippen LogP contribution >= 0.6 is 23.2 Å². The Morgan fingerprint density at radius 2 is 2.02 bits per heavy atom. The minimum atomic E-state index is -0.929. The number of benzene rings is 1. The molecule has 2 aliphatic heterocycles. The van der Waals surface area contributed by atoms with E-state index in [0.717, 1.165) is 6.42 Å². The third-order valence-electron chi connectivity index (χ3n) is 7.63. The minimum absolute atomic E-state index is 0.0369. The first kappa shape index (κ1) is 28.9. The van der Waals surface area contributed by atoms with Crippen molar-refractivity contribution in [1.82, 2.24) is 19.1 Å². The van der Waals surface area contributed by atoms with Crippen LogP contribution in [0.25, 0.3) is 22.2 Å². The first-order valence-corrected chi connectivity index (χ1v) is 14.2. The molecule has 0 spiro atoms. The Morgan fingerprint density at radius 1 is 1.23 bits per heavy atom. The Hall–Kier alpha value is -4.20. The molecule has 1 fully saturated rings. The minimum Gasteiger partial charge on any atom is -0.506 e. The second kappa shape index (κ2) is 11.1. The first-order chi connectivity index (χ1) is 20.5. The number of aromatic hydroxyl groups is 1. The molecule has 2 amide bonds. The first-order valence-electron chi connectivity index (χ1n) is 13.5. The Balaban J connectivity index is 1.40. The molecule has 1 atom stereocenters. The van der Waals surface area contributed by atoms with E-state index in [1.54, 1.807) is 4.57 Å². The van der Waals surface area contributed by atoms with E-state index < -0.39 is 23.5 Å². The molecule has 0 saturated carbocycles. The van der Waals surface area contributed by atoms with Crippen LogP contribution in [0, 0.1) is 5.95 Å². The zero-order chi connectivity index (χ0) is 30.6. The van der Waals surface area contributed by atoms with E-state index in [1.807, 2.05) is 11.8 Å². The molecule has 6 rings (SSSR count). The molecular formula is C28H26Cl2FN7O5. The number of hydrogen-bond donors (Lipinski definition) is 3. The van der Waals surface area contributed by atoms with Crippen molar-refractivity contribution in [2.75, 3.05) is 30.0 Å². The molecule has 3 aromatic heterocycles. The second-order valence-electron chi connectivity index (χ2n) is 10.5. The summed E-state index contributed by atoms with van der Waals surface area (Å²) in [6.07, 6.45) is 2.86. The van der Waals surface area contributed by atoms with E-state index in [4.69, 9.17) is 38.7 Å². The topological polar surface area (TPSA) is 158 Å². The van der Waals surface area contributed by atoms with Crippen LogP contribution in [0.1, 0.15) is 29.5 Å². The van der Waals surface area contributed by atoms with Crippen molar-refractivity contribution in [3.63, 3.8) is 0 Å². The average molecular weight is 630 g/mol. The van der Waals surface area contributed by atoms with Gasteiger partial charge in [-0.15, -0.1) is 0 Å². The van der Waals surface area contributed by atoms with Gasteiger partial charge in [-0.25, -0.2) is 9.97 Å². The zero-order valence-corrected chi connectivity index (χ0v) is 24.4. The van der Waals surface area contributed by atoms with E-state index in [-0.39, 0.29) is 50.5 Å². The zero-order valence-electron chi connectivity index (χ0n) is 22.9. The lowest BCUT2D eigenvalue weighted by Gasteiger charge is -2.34. The fraction of sp³-hybridized carbons (Fsp3) is 0.321. The third-order valence-corrected chi connectivity index (χ3v) is 8.28. The molecule has 1 saturated heterocycles. The van der Waals surface area contributed by atoms with E-state index in [2.05, 4.69) is 10.3 Å². The van der Waals surface area contributed by atoms with Crippen LogP contribution < -0.4 is 21.5 Å². The average Bonchev–Trinajstić information content (AvgIpc) is 3.58. The molecule has 2 aliphatic rings. The fourth-order valence-corrected chi connectivity index (χ4v) is 5.91. The van der Waals surface area contributed by atoms with Gasteiger partial charge in [0, 0.05) is 37.3 Å². The molecule has 1 aromatic carbocycles. The van der Waals surface area contributed by atoms with E-state index in [1.165, 1.54) is 29.0 Å². The number of fused-ring (bicyclic) bond motifs is 2. The Morgan fingerprint density at radius 3 is 2.77 bits per heavy atom. The van der Waals surface area contributed by atoms with E-state index in [9.17, 15) is 23.9 Å². The predicted octanol–water partition coefficient (Wildman–Crippen LogP) is 3.32. The Labute approximate surface area is 253 Å². The normalized spacial score (nSPS) is 16.5. The van der Waals surface area contributed by atoms with Gasteiger partial charge in [0.15, 0.2) is 0 Å². The van der Waals surface area contributed by atoms with Gasteiger partial charge in [-0.2, -0.15) is 4.39 Å². The van der Waals surface area contributed by atoms with Crippen molar-refractivity contribution in [1.29, 1.82) is 0 Å². The third kappa shape index (κ3) is 5.17. The van der Waals surface area contributed by atoms with Gasteiger partial charge in [0.05, 0.1) is 40.9 Å². The predicted molar refractivity (Wildman–Crippen MR) is 158 cm³/mol. The number of amides is 2. The summed E-state index contributed by atoms with van der Waals surface area (Å²) in [5, 5.41) is 12.6. The van der Waals surface area contributed by atoms with Gasteiger partial charge >= 0.3 is 0 Å². The Bertz CT molecular complexity index is 1870. The second-order valence-corrected chi connectivity index (χ2v) is 11.3. The lowest BCUT2D eigenvalue weighted by Crippen LogP contribution is -2.44. The molecule has 5 heterocycles. The molecule has 43 heavy (non-hydrogen) atoms. The number of nitrogens with one attached hydrogen (secondary N) is 1. The Kier molecular flexibility index (Phi) is 7.48. The smallest absolute Gasteiger partial charge is 0.263 e. The van der Waals surface area contributed by atoms with Crippen molar-refractivity contribution >= 4 is 57.6 Å². The molecule has 0 aliphatic carbocycles. The number of ether oxygens (including phenoxy) is 1. The summed E-state index contributed by atoms with van der Waals surface area (Å²) < 4.78 is 23.3. The standard InChI is InChI=1S/C28H26Cl2FN7O5/c1-13-12-43-6-5-37(13)20-9-18(23(30)25(31)34-20)33-21(39)11-36-10-16(14-7-15(26(32)41)24(40)17(29)8-14)22-27(36)35-19-3-2-4-38(19)28(22)42/h7-10,13,40H,2-6,11-12H2,1H3,(H2,32,41)(H,33,34,39). The summed E-state index contributed by atoms with van der Waals surface area (Å²) in [6, 6.07) is 4.16. The summed E-state index contributed by atoms with van der Waals surface area (Å²) in [5.41, 5.74) is 5.82. The fourth-order valence-electron chi connectivity index (χ4n) is 5.55. The van der Waals surface area contributed by atoms with Crippen molar-refractivity contribution in [2.24, 2.45) is 5.73 Å². The van der Waals surface area contributed by atoms with Gasteiger partial charge in [-0.3, -0.25) is 19.0 Å². The lowest BCUT2D eigenvalue weighted by molar-refractivity contribution is -0.116. The summed E-state index contributed by atoms with van der Waals surface area (Å²) in [7, 11) is 0. The number of carbonyl (C=O) groups is 2. The number of morpholine rings is 1. The van der Waals surface area contributed by atoms with Gasteiger partial charge in [0.25, 0.3) is 11.5 Å². The van der Waals surface area contributed by atoms with Crippen molar-refractivity contribution < 1.29 is 23.8 Å². The molecule has 224 valence electrons. The maximum Gasteiger partial charge on any atom is 0.263 e. The van der Waals surface area contributed by atoms with E-state index >= 15 is 0 Å². The highest BCUT2D eigenvalue weighted by Gasteiger charge is 2.26. The molecule has 0 bridgehead atoms. The van der Waals surface area contributed by atoms with Gasteiger partial charge in [0.2, 0.25) is 11.9 Å². The SMILES string of the molecule is CC1COCCN1c1cc(NC(=O)Cn2cc(-c3cc(Cl)c(O)c(C(N)=O)c3)c3c(=O)n4c(nc32)CCC4)c(Cl)c(F)n1. The van der Waals surface area contributed by atoms with E-state index in [0.29, 0.717) is 55.5 Å². The van der Waals surface area contributed by atoms with Crippen LogP contribution in [0.15, 0.2) is 29.2 Å². The van der Waals surface area contributed by atoms with Gasteiger partial charge in [0.1, 0.15) is 34.6 Å². The van der Waals surface area contributed by atoms with Crippen molar-refractivity contribution in [2.45, 2.75) is 38.9 Å². The number of aryl methyl sites for hydroxylation is 1. The molecule has 4 aromatic rings. The van der Waals surface area contributed by atoms with Gasteiger partial charge in [-0.1, -0.05) is 23.2 Å². The largest absolute Gasteiger partial charge is 0.506 e. The number of halogens is 3. The number of pyridine rings is 1. The highest BCUT2D eigenvalue weighted by Crippen LogP contribution is 2.36. The number of primary amides is 1. The van der Waals surface area contributed by atoms with Crippen LogP contribution in [0.2, 0.25) is 10.0 Å². The number of nitrogens with two attached hydrogens (primary N) is 1. The van der Waals surface area contributed by atoms with Crippen LogP contribution in [-0.2, 0) is 29.0 Å². The molecule has 0 radical (unpaired) electrons. The molecular weight excluding hydrogens is 604 g/mol. The van der Waals surface area contributed by atoms with Crippen molar-refractivity contribution in [3.05, 3.63) is 62.1 Å².